The standard InChI is InChI=1S/C20H19BrO4/c1-12(2)24-20(22)19-13(3)25-18-9-8-16(10-17(18)19)23-11-14-4-6-15(21)7-5-14/h4-10,12H,11H2,1-3H3. The first-order chi connectivity index (χ1) is 11.9. The number of furan rings is 1. The molecule has 2 aromatic carbocycles. The number of esters is 1. The van der Waals surface area contributed by atoms with Gasteiger partial charge >= 0.3 is 5.97 Å². The van der Waals surface area contributed by atoms with Gasteiger partial charge in [0.25, 0.3) is 0 Å². The van der Waals surface area contributed by atoms with Gasteiger partial charge in [-0.05, 0) is 56.7 Å². The van der Waals surface area contributed by atoms with Crippen LogP contribution in [0.5, 0.6) is 5.75 Å². The molecule has 0 unspecified atom stereocenters. The van der Waals surface area contributed by atoms with Gasteiger partial charge in [-0.15, -0.1) is 0 Å². The van der Waals surface area contributed by atoms with Crippen LogP contribution in [0.1, 0.15) is 35.5 Å². The van der Waals surface area contributed by atoms with Crippen molar-refractivity contribution in [3.8, 4) is 5.75 Å². The Morgan fingerprint density at radius 1 is 1.16 bits per heavy atom. The molecular weight excluding hydrogens is 384 g/mol. The maximum atomic E-state index is 12.3. The summed E-state index contributed by atoms with van der Waals surface area (Å²) >= 11 is 3.41. The van der Waals surface area contributed by atoms with E-state index in [2.05, 4.69) is 15.9 Å². The molecule has 0 radical (unpaired) electrons. The summed E-state index contributed by atoms with van der Waals surface area (Å²) in [5, 5.41) is 0.705. The first-order valence-corrected chi connectivity index (χ1v) is 8.84. The fraction of sp³-hybridized carbons (Fsp3) is 0.250. The Hall–Kier alpha value is -2.27. The molecule has 5 heteroatoms. The fourth-order valence-electron chi connectivity index (χ4n) is 2.56. The van der Waals surface area contributed by atoms with Gasteiger partial charge in [0.15, 0.2) is 0 Å². The largest absolute Gasteiger partial charge is 0.489 e. The van der Waals surface area contributed by atoms with Crippen LogP contribution in [0.15, 0.2) is 51.4 Å². The monoisotopic (exact) mass is 402 g/mol. The lowest BCUT2D eigenvalue weighted by atomic mass is 10.1. The van der Waals surface area contributed by atoms with Gasteiger partial charge in [-0.1, -0.05) is 28.1 Å². The second-order valence-corrected chi connectivity index (χ2v) is 6.98. The number of hydrogen-bond donors (Lipinski definition) is 0. The van der Waals surface area contributed by atoms with Crippen LogP contribution in [0.25, 0.3) is 11.0 Å². The minimum absolute atomic E-state index is 0.186. The lowest BCUT2D eigenvalue weighted by Gasteiger charge is -2.08. The minimum atomic E-state index is -0.378. The molecule has 1 heterocycles. The molecule has 0 amide bonds. The van der Waals surface area contributed by atoms with E-state index in [1.165, 1.54) is 0 Å². The molecule has 130 valence electrons. The quantitative estimate of drug-likeness (QED) is 0.517. The molecule has 4 nitrogen and oxygen atoms in total. The summed E-state index contributed by atoms with van der Waals surface area (Å²) < 4.78 is 17.9. The number of aryl methyl sites for hydroxylation is 1. The first-order valence-electron chi connectivity index (χ1n) is 8.05. The molecular formula is C20H19BrO4. The van der Waals surface area contributed by atoms with Crippen LogP contribution in [0.3, 0.4) is 0 Å². The lowest BCUT2D eigenvalue weighted by molar-refractivity contribution is 0.0378. The average molecular weight is 403 g/mol. The summed E-state index contributed by atoms with van der Waals surface area (Å²) in [5.74, 6) is 0.844. The van der Waals surface area contributed by atoms with Crippen LogP contribution in [0, 0.1) is 6.92 Å². The van der Waals surface area contributed by atoms with E-state index in [4.69, 9.17) is 13.9 Å². The van der Waals surface area contributed by atoms with Gasteiger partial charge in [0.2, 0.25) is 0 Å². The number of halogens is 1. The number of carbonyl (C=O) groups is 1. The fourth-order valence-corrected chi connectivity index (χ4v) is 2.83. The third-order valence-corrected chi connectivity index (χ3v) is 4.23. The molecule has 0 fully saturated rings. The summed E-state index contributed by atoms with van der Waals surface area (Å²) in [6.45, 7) is 5.85. The summed E-state index contributed by atoms with van der Waals surface area (Å²) in [6, 6.07) is 13.4. The summed E-state index contributed by atoms with van der Waals surface area (Å²) in [4.78, 5) is 12.3. The van der Waals surface area contributed by atoms with Crippen LogP contribution >= 0.6 is 15.9 Å². The molecule has 0 N–H and O–H groups in total. The van der Waals surface area contributed by atoms with E-state index in [0.717, 1.165) is 10.0 Å². The van der Waals surface area contributed by atoms with Gasteiger partial charge < -0.3 is 13.9 Å². The van der Waals surface area contributed by atoms with E-state index in [-0.39, 0.29) is 12.1 Å². The lowest BCUT2D eigenvalue weighted by Crippen LogP contribution is -2.12. The van der Waals surface area contributed by atoms with E-state index in [1.54, 1.807) is 6.92 Å². The second kappa shape index (κ2) is 7.31. The molecule has 0 saturated carbocycles. The number of carbonyl (C=O) groups excluding carboxylic acids is 1. The zero-order valence-corrected chi connectivity index (χ0v) is 15.9. The zero-order chi connectivity index (χ0) is 18.0. The van der Waals surface area contributed by atoms with Crippen molar-refractivity contribution in [3.05, 3.63) is 63.8 Å². The zero-order valence-electron chi connectivity index (χ0n) is 14.3. The van der Waals surface area contributed by atoms with Crippen molar-refractivity contribution in [1.29, 1.82) is 0 Å². The van der Waals surface area contributed by atoms with E-state index < -0.39 is 0 Å². The number of fused-ring (bicyclic) bond motifs is 1. The summed E-state index contributed by atoms with van der Waals surface area (Å²) in [7, 11) is 0. The average Bonchev–Trinajstić information content (AvgIpc) is 2.88. The molecule has 0 aliphatic carbocycles. The van der Waals surface area contributed by atoms with Crippen LogP contribution in [-0.2, 0) is 11.3 Å². The van der Waals surface area contributed by atoms with E-state index in [9.17, 15) is 4.79 Å². The second-order valence-electron chi connectivity index (χ2n) is 6.06. The highest BCUT2D eigenvalue weighted by atomic mass is 79.9. The first kappa shape index (κ1) is 17.5. The molecule has 3 rings (SSSR count). The normalized spacial score (nSPS) is 11.1. The highest BCUT2D eigenvalue weighted by Gasteiger charge is 2.21. The Morgan fingerprint density at radius 3 is 2.56 bits per heavy atom. The maximum absolute atomic E-state index is 12.3. The van der Waals surface area contributed by atoms with Crippen molar-refractivity contribution in [3.63, 3.8) is 0 Å². The van der Waals surface area contributed by atoms with Crippen LogP contribution in [0.2, 0.25) is 0 Å². The van der Waals surface area contributed by atoms with E-state index in [0.29, 0.717) is 34.6 Å². The minimum Gasteiger partial charge on any atom is -0.489 e. The van der Waals surface area contributed by atoms with Gasteiger partial charge in [-0.2, -0.15) is 0 Å². The predicted molar refractivity (Wildman–Crippen MR) is 100.0 cm³/mol. The van der Waals surface area contributed by atoms with Crippen molar-refractivity contribution in [2.75, 3.05) is 0 Å². The SMILES string of the molecule is Cc1oc2ccc(OCc3ccc(Br)cc3)cc2c1C(=O)OC(C)C. The Labute approximate surface area is 154 Å². The van der Waals surface area contributed by atoms with Gasteiger partial charge in [0.05, 0.1) is 6.10 Å². The van der Waals surface area contributed by atoms with Crippen molar-refractivity contribution >= 4 is 32.9 Å². The van der Waals surface area contributed by atoms with Crippen LogP contribution in [-0.4, -0.2) is 12.1 Å². The summed E-state index contributed by atoms with van der Waals surface area (Å²) in [5.41, 5.74) is 2.16. The van der Waals surface area contributed by atoms with E-state index >= 15 is 0 Å². The Kier molecular flexibility index (Phi) is 5.13. The third-order valence-electron chi connectivity index (χ3n) is 3.70. The van der Waals surface area contributed by atoms with Crippen molar-refractivity contribution in [1.82, 2.24) is 0 Å². The van der Waals surface area contributed by atoms with Crippen molar-refractivity contribution in [2.45, 2.75) is 33.5 Å². The molecule has 25 heavy (non-hydrogen) atoms. The highest BCUT2D eigenvalue weighted by Crippen LogP contribution is 2.30. The molecule has 0 spiro atoms. The predicted octanol–water partition coefficient (Wildman–Crippen LogP) is 5.65. The molecule has 0 atom stereocenters. The van der Waals surface area contributed by atoms with Gasteiger partial charge in [0, 0.05) is 9.86 Å². The molecule has 1 aromatic heterocycles. The molecule has 0 aliphatic rings. The number of hydrogen-bond acceptors (Lipinski definition) is 4. The van der Waals surface area contributed by atoms with Crippen LogP contribution < -0.4 is 4.74 Å². The number of benzene rings is 2. The van der Waals surface area contributed by atoms with Gasteiger partial charge in [-0.25, -0.2) is 4.79 Å². The van der Waals surface area contributed by atoms with E-state index in [1.807, 2.05) is 56.3 Å². The molecule has 0 saturated heterocycles. The number of rotatable bonds is 5. The maximum Gasteiger partial charge on any atom is 0.342 e. The summed E-state index contributed by atoms with van der Waals surface area (Å²) in [6.07, 6.45) is -0.186. The van der Waals surface area contributed by atoms with Gasteiger partial charge in [-0.3, -0.25) is 0 Å². The molecule has 0 aliphatic heterocycles. The Bertz CT molecular complexity index is 894. The Morgan fingerprint density at radius 2 is 1.88 bits per heavy atom. The van der Waals surface area contributed by atoms with Gasteiger partial charge in [0.1, 0.15) is 29.3 Å². The van der Waals surface area contributed by atoms with Crippen molar-refractivity contribution in [2.24, 2.45) is 0 Å². The van der Waals surface area contributed by atoms with Crippen molar-refractivity contribution < 1.29 is 18.7 Å². The smallest absolute Gasteiger partial charge is 0.342 e. The molecule has 3 aromatic rings. The topological polar surface area (TPSA) is 48.7 Å². The third kappa shape index (κ3) is 4.04. The number of ether oxygens (including phenoxy) is 2. The highest BCUT2D eigenvalue weighted by molar-refractivity contribution is 9.10. The Balaban J connectivity index is 1.85. The van der Waals surface area contributed by atoms with Crippen LogP contribution in [0.4, 0.5) is 0 Å². The molecule has 0 bridgehead atoms.